The number of hydrogen-bond donors (Lipinski definition) is 1. The Kier molecular flexibility index (Phi) is 11.9. The molecular formula is C26H36N2O3. The average Bonchev–Trinajstić information content (AvgIpc) is 2.77. The summed E-state index contributed by atoms with van der Waals surface area (Å²) in [6.45, 7) is 4.98. The SMILES string of the molecule is CCCCCCCCCCCOc1ccc(NC(=O)O/N=C/c2ccc(C)cc2)cc1. The monoisotopic (exact) mass is 424 g/mol. The van der Waals surface area contributed by atoms with Crippen LogP contribution in [0.2, 0.25) is 0 Å². The lowest BCUT2D eigenvalue weighted by molar-refractivity contribution is 0.167. The molecule has 31 heavy (non-hydrogen) atoms. The van der Waals surface area contributed by atoms with Crippen molar-refractivity contribution in [3.63, 3.8) is 0 Å². The minimum absolute atomic E-state index is 0.631. The van der Waals surface area contributed by atoms with Gasteiger partial charge in [-0.15, -0.1) is 0 Å². The lowest BCUT2D eigenvalue weighted by Gasteiger charge is -2.08. The van der Waals surface area contributed by atoms with Gasteiger partial charge in [0.15, 0.2) is 0 Å². The number of amides is 1. The smallest absolute Gasteiger partial charge is 0.437 e. The van der Waals surface area contributed by atoms with Crippen molar-refractivity contribution in [2.24, 2.45) is 5.16 Å². The summed E-state index contributed by atoms with van der Waals surface area (Å²) in [5.41, 5.74) is 2.66. The van der Waals surface area contributed by atoms with Gasteiger partial charge in [-0.25, -0.2) is 4.79 Å². The molecule has 0 spiro atoms. The Morgan fingerprint density at radius 3 is 2.13 bits per heavy atom. The molecule has 0 saturated heterocycles. The van der Waals surface area contributed by atoms with E-state index in [4.69, 9.17) is 9.57 Å². The summed E-state index contributed by atoms with van der Waals surface area (Å²) >= 11 is 0. The van der Waals surface area contributed by atoms with Crippen molar-refractivity contribution in [1.82, 2.24) is 0 Å². The molecule has 0 saturated carbocycles. The van der Waals surface area contributed by atoms with Gasteiger partial charge in [0.25, 0.3) is 0 Å². The zero-order valence-electron chi connectivity index (χ0n) is 18.9. The number of carbonyl (C=O) groups excluding carboxylic acids is 1. The number of nitrogens with one attached hydrogen (secondary N) is 1. The predicted octanol–water partition coefficient (Wildman–Crippen LogP) is 7.49. The third kappa shape index (κ3) is 11.2. The second-order valence-electron chi connectivity index (χ2n) is 7.85. The Morgan fingerprint density at radius 2 is 1.48 bits per heavy atom. The van der Waals surface area contributed by atoms with Crippen LogP contribution >= 0.6 is 0 Å². The zero-order valence-corrected chi connectivity index (χ0v) is 18.9. The summed E-state index contributed by atoms with van der Waals surface area (Å²) in [5, 5.41) is 6.36. The quantitative estimate of drug-likeness (QED) is 0.148. The average molecular weight is 425 g/mol. The van der Waals surface area contributed by atoms with Gasteiger partial charge in [0.1, 0.15) is 5.75 Å². The maximum atomic E-state index is 11.8. The molecule has 0 atom stereocenters. The fourth-order valence-corrected chi connectivity index (χ4v) is 3.17. The van der Waals surface area contributed by atoms with E-state index in [1.165, 1.54) is 57.6 Å². The second-order valence-corrected chi connectivity index (χ2v) is 7.85. The zero-order chi connectivity index (χ0) is 22.2. The molecule has 0 fully saturated rings. The van der Waals surface area contributed by atoms with Gasteiger partial charge < -0.3 is 4.74 Å². The Hall–Kier alpha value is -2.82. The van der Waals surface area contributed by atoms with Crippen LogP contribution in [0.25, 0.3) is 0 Å². The van der Waals surface area contributed by atoms with Crippen molar-refractivity contribution < 1.29 is 14.4 Å². The van der Waals surface area contributed by atoms with Crippen molar-refractivity contribution in [1.29, 1.82) is 0 Å². The van der Waals surface area contributed by atoms with Gasteiger partial charge >= 0.3 is 6.09 Å². The van der Waals surface area contributed by atoms with E-state index >= 15 is 0 Å². The molecule has 1 N–H and O–H groups in total. The number of benzene rings is 2. The van der Waals surface area contributed by atoms with E-state index in [9.17, 15) is 4.79 Å². The lowest BCUT2D eigenvalue weighted by atomic mass is 10.1. The number of rotatable bonds is 14. The number of anilines is 1. The fraction of sp³-hybridized carbons (Fsp3) is 0.462. The number of carbonyl (C=O) groups is 1. The molecular weight excluding hydrogens is 388 g/mol. The van der Waals surface area contributed by atoms with E-state index in [2.05, 4.69) is 17.4 Å². The van der Waals surface area contributed by atoms with Crippen molar-refractivity contribution in [2.75, 3.05) is 11.9 Å². The van der Waals surface area contributed by atoms with E-state index in [0.717, 1.165) is 29.9 Å². The summed E-state index contributed by atoms with van der Waals surface area (Å²) in [7, 11) is 0. The first-order valence-corrected chi connectivity index (χ1v) is 11.5. The standard InChI is InChI=1S/C26H36N2O3/c1-3-4-5-6-7-8-9-10-11-20-30-25-18-16-24(17-19-25)28-26(29)31-27-21-23-14-12-22(2)13-15-23/h12-19,21H,3-11,20H2,1-2H3,(H,28,29)/b27-21+. The summed E-state index contributed by atoms with van der Waals surface area (Å²) in [5.74, 6) is 0.802. The molecule has 2 rings (SSSR count). The van der Waals surface area contributed by atoms with Crippen LogP contribution in [0.3, 0.4) is 0 Å². The first-order valence-electron chi connectivity index (χ1n) is 11.5. The molecule has 0 aliphatic carbocycles. The van der Waals surface area contributed by atoms with E-state index in [1.54, 1.807) is 12.1 Å². The molecule has 168 valence electrons. The molecule has 0 radical (unpaired) electrons. The fourth-order valence-electron chi connectivity index (χ4n) is 3.17. The van der Waals surface area contributed by atoms with Gasteiger partial charge in [0.05, 0.1) is 12.8 Å². The van der Waals surface area contributed by atoms with E-state index < -0.39 is 6.09 Å². The van der Waals surface area contributed by atoms with Crippen LogP contribution in [-0.2, 0) is 4.84 Å². The molecule has 0 aliphatic heterocycles. The highest BCUT2D eigenvalue weighted by Gasteiger charge is 2.03. The summed E-state index contributed by atoms with van der Waals surface area (Å²) in [4.78, 5) is 16.7. The number of unbranched alkanes of at least 4 members (excludes halogenated alkanes) is 8. The topological polar surface area (TPSA) is 59.9 Å². The molecule has 5 nitrogen and oxygen atoms in total. The van der Waals surface area contributed by atoms with Crippen molar-refractivity contribution in [3.8, 4) is 5.75 Å². The largest absolute Gasteiger partial charge is 0.494 e. The van der Waals surface area contributed by atoms with Gasteiger partial charge in [-0.05, 0) is 43.2 Å². The van der Waals surface area contributed by atoms with Crippen LogP contribution in [0.1, 0.15) is 75.8 Å². The minimum atomic E-state index is -0.633. The highest BCUT2D eigenvalue weighted by Crippen LogP contribution is 2.17. The number of oxime groups is 1. The number of hydrogen-bond acceptors (Lipinski definition) is 4. The number of nitrogens with zero attached hydrogens (tertiary/aromatic N) is 1. The van der Waals surface area contributed by atoms with Crippen LogP contribution in [-0.4, -0.2) is 18.9 Å². The highest BCUT2D eigenvalue weighted by atomic mass is 16.7. The maximum Gasteiger partial charge on any atom is 0.437 e. The molecule has 0 aromatic heterocycles. The van der Waals surface area contributed by atoms with Crippen LogP contribution in [0.15, 0.2) is 53.7 Å². The molecule has 0 heterocycles. The first-order chi connectivity index (χ1) is 15.2. The second kappa shape index (κ2) is 15.1. The first kappa shape index (κ1) is 24.4. The molecule has 0 unspecified atom stereocenters. The summed E-state index contributed by atoms with van der Waals surface area (Å²) in [6, 6.07) is 15.0. The molecule has 2 aromatic carbocycles. The third-order valence-corrected chi connectivity index (χ3v) is 5.03. The molecule has 5 heteroatoms. The highest BCUT2D eigenvalue weighted by molar-refractivity contribution is 5.85. The molecule has 0 bridgehead atoms. The Morgan fingerprint density at radius 1 is 0.871 bits per heavy atom. The van der Waals surface area contributed by atoms with Gasteiger partial charge in [-0.1, -0.05) is 93.3 Å². The molecule has 0 aliphatic rings. The van der Waals surface area contributed by atoms with Crippen molar-refractivity contribution >= 4 is 18.0 Å². The number of aryl methyl sites for hydroxylation is 1. The maximum absolute atomic E-state index is 11.8. The summed E-state index contributed by atoms with van der Waals surface area (Å²) in [6.07, 6.45) is 12.5. The summed E-state index contributed by atoms with van der Waals surface area (Å²) < 4.78 is 5.78. The van der Waals surface area contributed by atoms with Crippen LogP contribution in [0.4, 0.5) is 10.5 Å². The predicted molar refractivity (Wildman–Crippen MR) is 128 cm³/mol. The van der Waals surface area contributed by atoms with E-state index in [0.29, 0.717) is 5.69 Å². The molecule has 2 aromatic rings. The Bertz CT molecular complexity index is 770. The van der Waals surface area contributed by atoms with Crippen LogP contribution < -0.4 is 10.1 Å². The number of ether oxygens (including phenoxy) is 1. The Balaban J connectivity index is 1.56. The van der Waals surface area contributed by atoms with Gasteiger partial charge in [-0.2, -0.15) is 0 Å². The third-order valence-electron chi connectivity index (χ3n) is 5.03. The van der Waals surface area contributed by atoms with Crippen molar-refractivity contribution in [3.05, 3.63) is 59.7 Å². The van der Waals surface area contributed by atoms with Crippen LogP contribution in [0.5, 0.6) is 5.75 Å². The normalized spacial score (nSPS) is 10.9. The Labute approximate surface area is 186 Å². The van der Waals surface area contributed by atoms with Gasteiger partial charge in [0, 0.05) is 5.69 Å². The van der Waals surface area contributed by atoms with Gasteiger partial charge in [0.2, 0.25) is 0 Å². The van der Waals surface area contributed by atoms with E-state index in [-0.39, 0.29) is 0 Å². The van der Waals surface area contributed by atoms with E-state index in [1.807, 2.05) is 43.3 Å². The minimum Gasteiger partial charge on any atom is -0.494 e. The molecule has 1 amide bonds. The van der Waals surface area contributed by atoms with Crippen LogP contribution in [0, 0.1) is 6.92 Å². The van der Waals surface area contributed by atoms with Crippen molar-refractivity contribution in [2.45, 2.75) is 71.6 Å². The van der Waals surface area contributed by atoms with Gasteiger partial charge in [-0.3, -0.25) is 10.2 Å². The lowest BCUT2D eigenvalue weighted by Crippen LogP contribution is -2.10.